The van der Waals surface area contributed by atoms with E-state index in [0.29, 0.717) is 0 Å². The van der Waals surface area contributed by atoms with E-state index in [4.69, 9.17) is 5.11 Å². The first-order valence-corrected chi connectivity index (χ1v) is 6.66. The number of rotatable bonds is 8. The Morgan fingerprint density at radius 3 is 2.95 bits per heavy atom. The second kappa shape index (κ2) is 7.66. The quantitative estimate of drug-likeness (QED) is 0.632. The number of aliphatic hydroxyl groups excluding tert-OH is 1. The third kappa shape index (κ3) is 4.15. The molecule has 19 heavy (non-hydrogen) atoms. The average Bonchev–Trinajstić information content (AvgIpc) is 2.92. The second-order valence-electron chi connectivity index (χ2n) is 4.47. The van der Waals surface area contributed by atoms with Gasteiger partial charge < -0.3 is 10.4 Å². The minimum atomic E-state index is 0.285. The number of aromatic nitrogens is 3. The average molecular weight is 260 g/mol. The molecule has 0 aliphatic carbocycles. The Hall–Kier alpha value is -1.72. The number of H-pyrrole nitrogens is 1. The molecule has 0 aromatic carbocycles. The number of hydrogen-bond acceptors (Lipinski definition) is 4. The Bertz CT molecular complexity index is 469. The Kier molecular flexibility index (Phi) is 5.52. The van der Waals surface area contributed by atoms with Gasteiger partial charge in [0.05, 0.1) is 11.9 Å². The van der Waals surface area contributed by atoms with Crippen LogP contribution in [0.1, 0.15) is 24.8 Å². The molecule has 3 N–H and O–H groups in total. The predicted octanol–water partition coefficient (Wildman–Crippen LogP) is 1.72. The molecule has 0 spiro atoms. The fourth-order valence-corrected chi connectivity index (χ4v) is 1.97. The first kappa shape index (κ1) is 13.7. The molecular weight excluding hydrogens is 240 g/mol. The summed E-state index contributed by atoms with van der Waals surface area (Å²) >= 11 is 0. The maximum atomic E-state index is 8.70. The highest BCUT2D eigenvalue weighted by atomic mass is 16.2. The van der Waals surface area contributed by atoms with Crippen LogP contribution in [0, 0.1) is 0 Å². The van der Waals surface area contributed by atoms with Crippen molar-refractivity contribution in [2.45, 2.75) is 25.8 Å². The van der Waals surface area contributed by atoms with E-state index in [1.54, 1.807) is 6.20 Å². The molecule has 0 bridgehead atoms. The van der Waals surface area contributed by atoms with Gasteiger partial charge >= 0.3 is 0 Å². The topological polar surface area (TPSA) is 73.8 Å². The van der Waals surface area contributed by atoms with Gasteiger partial charge in [0.1, 0.15) is 0 Å². The van der Waals surface area contributed by atoms with Gasteiger partial charge in [0.2, 0.25) is 0 Å². The van der Waals surface area contributed by atoms with Crippen LogP contribution in [0.25, 0.3) is 11.3 Å². The molecule has 102 valence electrons. The number of nitrogens with one attached hydrogen (secondary N) is 2. The molecule has 5 nitrogen and oxygen atoms in total. The molecule has 0 aliphatic rings. The summed E-state index contributed by atoms with van der Waals surface area (Å²) in [4.78, 5) is 4.12. The van der Waals surface area contributed by atoms with E-state index < -0.39 is 0 Å². The highest BCUT2D eigenvalue weighted by Crippen LogP contribution is 2.19. The predicted molar refractivity (Wildman–Crippen MR) is 74.5 cm³/mol. The van der Waals surface area contributed by atoms with Crippen LogP contribution in [0.3, 0.4) is 0 Å². The largest absolute Gasteiger partial charge is 0.396 e. The zero-order chi connectivity index (χ0) is 13.3. The van der Waals surface area contributed by atoms with Crippen LogP contribution in [-0.2, 0) is 6.54 Å². The Morgan fingerprint density at radius 2 is 2.16 bits per heavy atom. The van der Waals surface area contributed by atoms with Crippen molar-refractivity contribution < 1.29 is 5.11 Å². The monoisotopic (exact) mass is 260 g/mol. The normalized spacial score (nSPS) is 10.8. The molecule has 5 heteroatoms. The first-order chi connectivity index (χ1) is 9.42. The maximum Gasteiger partial charge on any atom is 0.0710 e. The van der Waals surface area contributed by atoms with Crippen molar-refractivity contribution >= 4 is 0 Å². The summed E-state index contributed by atoms with van der Waals surface area (Å²) in [5.74, 6) is 0. The van der Waals surface area contributed by atoms with Crippen LogP contribution in [-0.4, -0.2) is 33.4 Å². The number of unbranched alkanes of at least 4 members (excludes halogenated alkanes) is 2. The van der Waals surface area contributed by atoms with Crippen molar-refractivity contribution in [3.8, 4) is 11.3 Å². The van der Waals surface area contributed by atoms with Gasteiger partial charge in [-0.25, -0.2) is 0 Å². The fourth-order valence-electron chi connectivity index (χ4n) is 1.97. The van der Waals surface area contributed by atoms with Crippen molar-refractivity contribution in [3.63, 3.8) is 0 Å². The van der Waals surface area contributed by atoms with Gasteiger partial charge in [-0.15, -0.1) is 0 Å². The van der Waals surface area contributed by atoms with Crippen molar-refractivity contribution in [2.24, 2.45) is 0 Å². The molecule has 0 fully saturated rings. The van der Waals surface area contributed by atoms with E-state index >= 15 is 0 Å². The number of hydrogen-bond donors (Lipinski definition) is 3. The molecule has 2 rings (SSSR count). The minimum absolute atomic E-state index is 0.285. The minimum Gasteiger partial charge on any atom is -0.396 e. The molecule has 2 aromatic rings. The van der Waals surface area contributed by atoms with Gasteiger partial charge in [0, 0.05) is 36.7 Å². The first-order valence-electron chi connectivity index (χ1n) is 6.66. The molecule has 0 saturated heterocycles. The number of nitrogens with zero attached hydrogens (tertiary/aromatic N) is 2. The summed E-state index contributed by atoms with van der Waals surface area (Å²) in [5.41, 5.74) is 3.23. The van der Waals surface area contributed by atoms with Gasteiger partial charge in [0.15, 0.2) is 0 Å². The highest BCUT2D eigenvalue weighted by Gasteiger charge is 2.06. The van der Waals surface area contributed by atoms with E-state index in [0.717, 1.165) is 49.2 Å². The lowest BCUT2D eigenvalue weighted by atomic mass is 10.1. The molecule has 0 saturated carbocycles. The number of aliphatic hydroxyl groups is 1. The zero-order valence-corrected chi connectivity index (χ0v) is 11.0. The maximum absolute atomic E-state index is 8.70. The fraction of sp³-hybridized carbons (Fsp3) is 0.429. The molecule has 0 atom stereocenters. The Morgan fingerprint density at radius 1 is 1.21 bits per heavy atom. The van der Waals surface area contributed by atoms with E-state index in [9.17, 15) is 0 Å². The second-order valence-corrected chi connectivity index (χ2v) is 4.47. The molecule has 0 aliphatic heterocycles. The van der Waals surface area contributed by atoms with Gasteiger partial charge in [-0.1, -0.05) is 0 Å². The van der Waals surface area contributed by atoms with Crippen LogP contribution < -0.4 is 5.32 Å². The molecule has 0 unspecified atom stereocenters. The molecule has 0 radical (unpaired) electrons. The van der Waals surface area contributed by atoms with E-state index in [-0.39, 0.29) is 6.61 Å². The van der Waals surface area contributed by atoms with E-state index in [2.05, 4.69) is 20.5 Å². The van der Waals surface area contributed by atoms with Crippen molar-refractivity contribution in [1.29, 1.82) is 0 Å². The third-order valence-corrected chi connectivity index (χ3v) is 3.00. The highest BCUT2D eigenvalue weighted by molar-refractivity contribution is 5.61. The lowest BCUT2D eigenvalue weighted by Gasteiger charge is -2.05. The third-order valence-electron chi connectivity index (χ3n) is 3.00. The smallest absolute Gasteiger partial charge is 0.0710 e. The van der Waals surface area contributed by atoms with Crippen LogP contribution in [0.4, 0.5) is 0 Å². The zero-order valence-electron chi connectivity index (χ0n) is 11.0. The molecule has 2 aromatic heterocycles. The lowest BCUT2D eigenvalue weighted by Crippen LogP contribution is -2.14. The Balaban J connectivity index is 1.83. The van der Waals surface area contributed by atoms with E-state index in [1.807, 2.05) is 24.5 Å². The molecule has 0 amide bonds. The van der Waals surface area contributed by atoms with Crippen molar-refractivity contribution in [3.05, 3.63) is 36.3 Å². The van der Waals surface area contributed by atoms with Crippen LogP contribution in [0.2, 0.25) is 0 Å². The summed E-state index contributed by atoms with van der Waals surface area (Å²) in [6.07, 6.45) is 8.47. The number of pyridine rings is 1. The summed E-state index contributed by atoms with van der Waals surface area (Å²) in [6, 6.07) is 3.94. The number of aromatic amines is 1. The van der Waals surface area contributed by atoms with Crippen molar-refractivity contribution in [2.75, 3.05) is 13.2 Å². The SMILES string of the molecule is OCCCCCNCc1cn[nH]c1-c1cccnc1. The standard InChI is InChI=1S/C14H20N4O/c19-8-3-1-2-6-15-10-13-11-17-18-14(13)12-5-4-7-16-9-12/h4-5,7,9,11,15,19H,1-3,6,8,10H2,(H,17,18). The summed E-state index contributed by atoms with van der Waals surface area (Å²) < 4.78 is 0. The van der Waals surface area contributed by atoms with Gasteiger partial charge in [0.25, 0.3) is 0 Å². The summed E-state index contributed by atoms with van der Waals surface area (Å²) in [6.45, 7) is 2.03. The lowest BCUT2D eigenvalue weighted by molar-refractivity contribution is 0.283. The van der Waals surface area contributed by atoms with Gasteiger partial charge in [-0.3, -0.25) is 10.1 Å². The van der Waals surface area contributed by atoms with Gasteiger partial charge in [-0.2, -0.15) is 5.10 Å². The van der Waals surface area contributed by atoms with Crippen LogP contribution in [0.15, 0.2) is 30.7 Å². The molecular formula is C14H20N4O. The van der Waals surface area contributed by atoms with E-state index in [1.165, 1.54) is 0 Å². The van der Waals surface area contributed by atoms with Crippen molar-refractivity contribution in [1.82, 2.24) is 20.5 Å². The van der Waals surface area contributed by atoms with Gasteiger partial charge in [-0.05, 0) is 37.9 Å². The Labute approximate surface area is 113 Å². The van der Waals surface area contributed by atoms with Crippen LogP contribution >= 0.6 is 0 Å². The molecule has 2 heterocycles. The van der Waals surface area contributed by atoms with Crippen LogP contribution in [0.5, 0.6) is 0 Å². The summed E-state index contributed by atoms with van der Waals surface area (Å²) in [5, 5.41) is 19.2. The summed E-state index contributed by atoms with van der Waals surface area (Å²) in [7, 11) is 0.